The van der Waals surface area contributed by atoms with Crippen LogP contribution in [0.25, 0.3) is 0 Å². The highest BCUT2D eigenvalue weighted by atomic mass is 16.5. The summed E-state index contributed by atoms with van der Waals surface area (Å²) in [6, 6.07) is 6.60. The monoisotopic (exact) mass is 233 g/mol. The number of nitrogens with one attached hydrogen (secondary N) is 1. The Morgan fingerprint density at radius 3 is 2.71 bits per heavy atom. The molecule has 1 unspecified atom stereocenters. The summed E-state index contributed by atoms with van der Waals surface area (Å²) in [4.78, 5) is 0. The molecule has 1 aromatic carbocycles. The number of ether oxygens (including phenoxy) is 1. The molecular formula is C15H23NO. The lowest BCUT2D eigenvalue weighted by Crippen LogP contribution is -2.21. The Hall–Kier alpha value is -1.02. The number of rotatable bonds is 3. The minimum atomic E-state index is 0.305. The van der Waals surface area contributed by atoms with Crippen LogP contribution in [-0.4, -0.2) is 20.2 Å². The van der Waals surface area contributed by atoms with Gasteiger partial charge in [-0.05, 0) is 29.0 Å². The molecule has 2 nitrogen and oxygen atoms in total. The Bertz CT molecular complexity index is 398. The normalized spacial score (nSPS) is 22.7. The Morgan fingerprint density at radius 1 is 1.41 bits per heavy atom. The van der Waals surface area contributed by atoms with Crippen LogP contribution < -0.4 is 10.1 Å². The smallest absolute Gasteiger partial charge is 0.122 e. The lowest BCUT2D eigenvalue weighted by molar-refractivity contribution is 0.345. The molecule has 1 aliphatic heterocycles. The molecule has 1 saturated heterocycles. The zero-order valence-corrected chi connectivity index (χ0v) is 11.3. The van der Waals surface area contributed by atoms with Crippen molar-refractivity contribution in [1.82, 2.24) is 5.32 Å². The quantitative estimate of drug-likeness (QED) is 0.866. The first-order valence-corrected chi connectivity index (χ1v) is 6.46. The van der Waals surface area contributed by atoms with E-state index in [4.69, 9.17) is 4.74 Å². The highest BCUT2D eigenvalue weighted by Crippen LogP contribution is 2.42. The second kappa shape index (κ2) is 4.69. The van der Waals surface area contributed by atoms with Gasteiger partial charge >= 0.3 is 0 Å². The van der Waals surface area contributed by atoms with Gasteiger partial charge < -0.3 is 10.1 Å². The third-order valence-electron chi connectivity index (χ3n) is 3.95. The van der Waals surface area contributed by atoms with Gasteiger partial charge in [-0.15, -0.1) is 0 Å². The molecule has 0 aliphatic carbocycles. The second-order valence-corrected chi connectivity index (χ2v) is 5.60. The summed E-state index contributed by atoms with van der Waals surface area (Å²) >= 11 is 0. The molecule has 1 N–H and O–H groups in total. The van der Waals surface area contributed by atoms with Crippen molar-refractivity contribution in [3.63, 3.8) is 0 Å². The Balaban J connectivity index is 2.42. The fraction of sp³-hybridized carbons (Fsp3) is 0.600. The van der Waals surface area contributed by atoms with Crippen LogP contribution in [0.15, 0.2) is 18.2 Å². The maximum atomic E-state index is 5.52. The van der Waals surface area contributed by atoms with Gasteiger partial charge in [0.25, 0.3) is 0 Å². The van der Waals surface area contributed by atoms with Gasteiger partial charge in [-0.25, -0.2) is 0 Å². The zero-order valence-electron chi connectivity index (χ0n) is 11.3. The minimum Gasteiger partial charge on any atom is -0.496 e. The molecule has 1 aromatic rings. The first kappa shape index (κ1) is 12.4. The topological polar surface area (TPSA) is 21.3 Å². The van der Waals surface area contributed by atoms with Crippen molar-refractivity contribution in [3.05, 3.63) is 29.3 Å². The van der Waals surface area contributed by atoms with E-state index < -0.39 is 0 Å². The maximum Gasteiger partial charge on any atom is 0.122 e. The number of aryl methyl sites for hydroxylation is 1. The highest BCUT2D eigenvalue weighted by Gasteiger charge is 2.36. The van der Waals surface area contributed by atoms with Crippen LogP contribution >= 0.6 is 0 Å². The summed E-state index contributed by atoms with van der Waals surface area (Å²) in [6.07, 6.45) is 1.08. The van der Waals surface area contributed by atoms with E-state index in [0.29, 0.717) is 11.3 Å². The highest BCUT2D eigenvalue weighted by molar-refractivity contribution is 5.41. The summed E-state index contributed by atoms with van der Waals surface area (Å²) in [6.45, 7) is 8.99. The van der Waals surface area contributed by atoms with Gasteiger partial charge in [0.2, 0.25) is 0 Å². The third kappa shape index (κ3) is 2.32. The van der Waals surface area contributed by atoms with Gasteiger partial charge in [-0.2, -0.15) is 0 Å². The average molecular weight is 233 g/mol. The molecule has 1 heterocycles. The van der Waals surface area contributed by atoms with Crippen LogP contribution in [0.1, 0.15) is 37.8 Å². The molecule has 1 fully saturated rings. The number of methoxy groups -OCH3 is 1. The summed E-state index contributed by atoms with van der Waals surface area (Å²) in [7, 11) is 1.76. The molecule has 1 atom stereocenters. The fourth-order valence-corrected chi connectivity index (χ4v) is 2.75. The standard InChI is InChI=1S/C15H23NO/c1-5-11-6-7-14(17-4)12(8-11)13-9-16-10-15(13,2)3/h6-8,13,16H,5,9-10H2,1-4H3. The van der Waals surface area contributed by atoms with Crippen molar-refractivity contribution in [2.45, 2.75) is 33.1 Å². The summed E-state index contributed by atoms with van der Waals surface area (Å²) < 4.78 is 5.52. The molecule has 0 aromatic heterocycles. The summed E-state index contributed by atoms with van der Waals surface area (Å²) in [5.41, 5.74) is 3.06. The van der Waals surface area contributed by atoms with E-state index in [2.05, 4.69) is 44.3 Å². The predicted octanol–water partition coefficient (Wildman–Crippen LogP) is 2.97. The van der Waals surface area contributed by atoms with Crippen LogP contribution in [0.5, 0.6) is 5.75 Å². The molecule has 0 bridgehead atoms. The lowest BCUT2D eigenvalue weighted by atomic mass is 9.77. The van der Waals surface area contributed by atoms with E-state index in [1.54, 1.807) is 7.11 Å². The van der Waals surface area contributed by atoms with Crippen molar-refractivity contribution in [1.29, 1.82) is 0 Å². The van der Waals surface area contributed by atoms with Gasteiger partial charge in [0.05, 0.1) is 7.11 Å². The van der Waals surface area contributed by atoms with Gasteiger partial charge in [0, 0.05) is 19.0 Å². The van der Waals surface area contributed by atoms with Gasteiger partial charge in [-0.1, -0.05) is 32.9 Å². The summed E-state index contributed by atoms with van der Waals surface area (Å²) in [5.74, 6) is 1.58. The SMILES string of the molecule is CCc1ccc(OC)c(C2CNCC2(C)C)c1. The van der Waals surface area contributed by atoms with E-state index in [1.165, 1.54) is 11.1 Å². The minimum absolute atomic E-state index is 0.305. The molecular weight excluding hydrogens is 210 g/mol. The lowest BCUT2D eigenvalue weighted by Gasteiger charge is -2.27. The molecule has 2 heteroatoms. The maximum absolute atomic E-state index is 5.52. The van der Waals surface area contributed by atoms with Gasteiger partial charge in [0.15, 0.2) is 0 Å². The average Bonchev–Trinajstić information content (AvgIpc) is 2.68. The molecule has 1 aliphatic rings. The Labute approximate surface area is 104 Å². The van der Waals surface area contributed by atoms with Crippen molar-refractivity contribution in [3.8, 4) is 5.75 Å². The van der Waals surface area contributed by atoms with Crippen LogP contribution in [0.2, 0.25) is 0 Å². The van der Waals surface area contributed by atoms with Gasteiger partial charge in [0.1, 0.15) is 5.75 Å². The predicted molar refractivity (Wildman–Crippen MR) is 71.8 cm³/mol. The summed E-state index contributed by atoms with van der Waals surface area (Å²) in [5, 5.41) is 3.49. The third-order valence-corrected chi connectivity index (χ3v) is 3.95. The Kier molecular flexibility index (Phi) is 3.43. The van der Waals surface area contributed by atoms with Crippen molar-refractivity contribution >= 4 is 0 Å². The van der Waals surface area contributed by atoms with Crippen LogP contribution in [-0.2, 0) is 6.42 Å². The molecule has 94 valence electrons. The van der Waals surface area contributed by atoms with E-state index in [1.807, 2.05) is 0 Å². The van der Waals surface area contributed by atoms with Crippen molar-refractivity contribution in [2.24, 2.45) is 5.41 Å². The van der Waals surface area contributed by atoms with E-state index in [-0.39, 0.29) is 0 Å². The van der Waals surface area contributed by atoms with Crippen LogP contribution in [0, 0.1) is 5.41 Å². The number of hydrogen-bond donors (Lipinski definition) is 1. The largest absolute Gasteiger partial charge is 0.496 e. The Morgan fingerprint density at radius 2 is 2.18 bits per heavy atom. The molecule has 17 heavy (non-hydrogen) atoms. The van der Waals surface area contributed by atoms with Gasteiger partial charge in [-0.3, -0.25) is 0 Å². The van der Waals surface area contributed by atoms with E-state index in [0.717, 1.165) is 25.3 Å². The number of benzene rings is 1. The van der Waals surface area contributed by atoms with Crippen LogP contribution in [0.3, 0.4) is 0 Å². The molecule has 0 radical (unpaired) electrons. The molecule has 0 amide bonds. The molecule has 2 rings (SSSR count). The molecule has 0 saturated carbocycles. The van der Waals surface area contributed by atoms with E-state index in [9.17, 15) is 0 Å². The van der Waals surface area contributed by atoms with Crippen molar-refractivity contribution < 1.29 is 4.74 Å². The first-order valence-electron chi connectivity index (χ1n) is 6.46. The van der Waals surface area contributed by atoms with Crippen LogP contribution in [0.4, 0.5) is 0 Å². The zero-order chi connectivity index (χ0) is 12.5. The van der Waals surface area contributed by atoms with E-state index >= 15 is 0 Å². The molecule has 0 spiro atoms. The second-order valence-electron chi connectivity index (χ2n) is 5.60. The van der Waals surface area contributed by atoms with Crippen molar-refractivity contribution in [2.75, 3.05) is 20.2 Å². The fourth-order valence-electron chi connectivity index (χ4n) is 2.75. The number of hydrogen-bond acceptors (Lipinski definition) is 2. The first-order chi connectivity index (χ1) is 8.08.